The zero-order chi connectivity index (χ0) is 11.7. The van der Waals surface area contributed by atoms with Gasteiger partial charge in [0.25, 0.3) is 0 Å². The van der Waals surface area contributed by atoms with E-state index in [2.05, 4.69) is 43.2 Å². The van der Waals surface area contributed by atoms with Crippen molar-refractivity contribution in [2.45, 2.75) is 44.4 Å². The quantitative estimate of drug-likeness (QED) is 0.857. The van der Waals surface area contributed by atoms with Crippen LogP contribution in [0.15, 0.2) is 4.90 Å². The first kappa shape index (κ1) is 11.7. The van der Waals surface area contributed by atoms with Crippen LogP contribution in [0.25, 0.3) is 0 Å². The van der Waals surface area contributed by atoms with Gasteiger partial charge in [0, 0.05) is 12.3 Å². The van der Waals surface area contributed by atoms with Crippen molar-refractivity contribution in [1.29, 1.82) is 0 Å². The highest BCUT2D eigenvalue weighted by Crippen LogP contribution is 2.39. The van der Waals surface area contributed by atoms with Crippen LogP contribution < -0.4 is 5.32 Å². The summed E-state index contributed by atoms with van der Waals surface area (Å²) in [6.07, 6.45) is 0. The number of nitrogens with zero attached hydrogens (tertiary/aromatic N) is 2. The van der Waals surface area contributed by atoms with Gasteiger partial charge >= 0.3 is 0 Å². The van der Waals surface area contributed by atoms with Crippen LogP contribution in [0.2, 0.25) is 0 Å². The Labute approximate surface area is 101 Å². The first-order valence-corrected chi connectivity index (χ1v) is 6.87. The van der Waals surface area contributed by atoms with E-state index in [0.717, 1.165) is 23.7 Å². The SMILES string of the molecule is CC(C)c1nnc(C(C)C)c2c1NCCS2. The molecule has 0 fully saturated rings. The molecule has 0 amide bonds. The Morgan fingerprint density at radius 2 is 1.69 bits per heavy atom. The summed E-state index contributed by atoms with van der Waals surface area (Å²) < 4.78 is 0. The van der Waals surface area contributed by atoms with Crippen molar-refractivity contribution in [3.8, 4) is 0 Å². The number of hydrogen-bond acceptors (Lipinski definition) is 4. The first-order valence-electron chi connectivity index (χ1n) is 5.88. The molecule has 2 heterocycles. The Hall–Kier alpha value is -0.770. The molecule has 0 spiro atoms. The second kappa shape index (κ2) is 4.62. The predicted octanol–water partition coefficient (Wildman–Crippen LogP) is 3.24. The van der Waals surface area contributed by atoms with E-state index < -0.39 is 0 Å². The molecule has 1 aliphatic rings. The molecule has 1 aromatic rings. The van der Waals surface area contributed by atoms with Gasteiger partial charge in [0.2, 0.25) is 0 Å². The maximum Gasteiger partial charge on any atom is 0.0898 e. The van der Waals surface area contributed by atoms with Crippen LogP contribution in [0.3, 0.4) is 0 Å². The standard InChI is InChI=1S/C12H19N3S/c1-7(2)9-11-12(16-6-5-13-11)10(8(3)4)15-14-9/h7-8,13H,5-6H2,1-4H3. The highest BCUT2D eigenvalue weighted by atomic mass is 32.2. The minimum atomic E-state index is 0.425. The van der Waals surface area contributed by atoms with Gasteiger partial charge in [0.15, 0.2) is 0 Å². The van der Waals surface area contributed by atoms with Crippen molar-refractivity contribution in [3.05, 3.63) is 11.4 Å². The molecule has 2 rings (SSSR count). The summed E-state index contributed by atoms with van der Waals surface area (Å²) in [4.78, 5) is 1.32. The highest BCUT2D eigenvalue weighted by molar-refractivity contribution is 7.99. The summed E-state index contributed by atoms with van der Waals surface area (Å²) in [7, 11) is 0. The molecular weight excluding hydrogens is 218 g/mol. The Morgan fingerprint density at radius 1 is 1.06 bits per heavy atom. The fourth-order valence-electron chi connectivity index (χ4n) is 1.88. The fourth-order valence-corrected chi connectivity index (χ4v) is 3.03. The molecule has 16 heavy (non-hydrogen) atoms. The number of rotatable bonds is 2. The Balaban J connectivity index is 2.54. The summed E-state index contributed by atoms with van der Waals surface area (Å²) in [6, 6.07) is 0. The number of anilines is 1. The van der Waals surface area contributed by atoms with Gasteiger partial charge in [0.05, 0.1) is 22.0 Å². The van der Waals surface area contributed by atoms with E-state index in [0.29, 0.717) is 11.8 Å². The van der Waals surface area contributed by atoms with Crippen LogP contribution in [0.5, 0.6) is 0 Å². The van der Waals surface area contributed by atoms with Gasteiger partial charge in [0.1, 0.15) is 0 Å². The van der Waals surface area contributed by atoms with Crippen LogP contribution in [0, 0.1) is 0 Å². The molecule has 1 aliphatic heterocycles. The van der Waals surface area contributed by atoms with Gasteiger partial charge in [-0.1, -0.05) is 27.7 Å². The molecule has 0 saturated carbocycles. The fraction of sp³-hybridized carbons (Fsp3) is 0.667. The summed E-state index contributed by atoms with van der Waals surface area (Å²) >= 11 is 1.91. The topological polar surface area (TPSA) is 37.8 Å². The van der Waals surface area contributed by atoms with Crippen LogP contribution in [-0.2, 0) is 0 Å². The molecule has 0 aromatic carbocycles. The Bertz CT molecular complexity index is 351. The van der Waals surface area contributed by atoms with Gasteiger partial charge in [-0.3, -0.25) is 0 Å². The van der Waals surface area contributed by atoms with Gasteiger partial charge in [-0.05, 0) is 11.8 Å². The van der Waals surface area contributed by atoms with Crippen molar-refractivity contribution in [2.24, 2.45) is 0 Å². The second-order valence-corrected chi connectivity index (χ2v) is 5.86. The van der Waals surface area contributed by atoms with E-state index in [4.69, 9.17) is 0 Å². The molecule has 0 radical (unpaired) electrons. The summed E-state index contributed by atoms with van der Waals surface area (Å²) in [5.41, 5.74) is 3.47. The lowest BCUT2D eigenvalue weighted by Crippen LogP contribution is -2.17. The molecule has 0 unspecified atom stereocenters. The van der Waals surface area contributed by atoms with E-state index in [-0.39, 0.29) is 0 Å². The third-order valence-electron chi connectivity index (χ3n) is 2.73. The average Bonchev–Trinajstić information content (AvgIpc) is 2.27. The zero-order valence-electron chi connectivity index (χ0n) is 10.4. The number of aromatic nitrogens is 2. The van der Waals surface area contributed by atoms with Crippen LogP contribution in [0.4, 0.5) is 5.69 Å². The minimum Gasteiger partial charge on any atom is -0.382 e. The van der Waals surface area contributed by atoms with Crippen LogP contribution in [0.1, 0.15) is 50.9 Å². The van der Waals surface area contributed by atoms with E-state index in [1.54, 1.807) is 0 Å². The third kappa shape index (κ3) is 2.03. The van der Waals surface area contributed by atoms with Gasteiger partial charge in [-0.25, -0.2) is 0 Å². The third-order valence-corrected chi connectivity index (χ3v) is 3.84. The minimum absolute atomic E-state index is 0.425. The summed E-state index contributed by atoms with van der Waals surface area (Å²) in [6.45, 7) is 9.71. The lowest BCUT2D eigenvalue weighted by molar-refractivity contribution is 0.710. The molecule has 0 bridgehead atoms. The lowest BCUT2D eigenvalue weighted by Gasteiger charge is -2.24. The number of thioether (sulfide) groups is 1. The van der Waals surface area contributed by atoms with Crippen molar-refractivity contribution in [2.75, 3.05) is 17.6 Å². The molecule has 0 saturated heterocycles. The molecule has 4 heteroatoms. The Kier molecular flexibility index (Phi) is 3.38. The van der Waals surface area contributed by atoms with E-state index in [1.807, 2.05) is 11.8 Å². The van der Waals surface area contributed by atoms with Crippen LogP contribution in [-0.4, -0.2) is 22.5 Å². The number of fused-ring (bicyclic) bond motifs is 1. The van der Waals surface area contributed by atoms with Crippen molar-refractivity contribution in [3.63, 3.8) is 0 Å². The maximum absolute atomic E-state index is 4.40. The molecule has 88 valence electrons. The molecule has 1 aromatic heterocycles. The Morgan fingerprint density at radius 3 is 2.31 bits per heavy atom. The normalized spacial score (nSPS) is 15.1. The van der Waals surface area contributed by atoms with Crippen molar-refractivity contribution in [1.82, 2.24) is 10.2 Å². The zero-order valence-corrected chi connectivity index (χ0v) is 11.2. The van der Waals surface area contributed by atoms with Gasteiger partial charge in [-0.15, -0.1) is 11.8 Å². The van der Waals surface area contributed by atoms with E-state index in [1.165, 1.54) is 10.6 Å². The molecule has 3 nitrogen and oxygen atoms in total. The van der Waals surface area contributed by atoms with Gasteiger partial charge < -0.3 is 5.32 Å². The van der Waals surface area contributed by atoms with E-state index in [9.17, 15) is 0 Å². The lowest BCUT2D eigenvalue weighted by atomic mass is 10.0. The summed E-state index contributed by atoms with van der Waals surface area (Å²) in [5.74, 6) is 1.99. The maximum atomic E-state index is 4.40. The largest absolute Gasteiger partial charge is 0.382 e. The molecular formula is C12H19N3S. The molecule has 0 aliphatic carbocycles. The predicted molar refractivity (Wildman–Crippen MR) is 69.4 cm³/mol. The van der Waals surface area contributed by atoms with Crippen molar-refractivity contribution < 1.29 is 0 Å². The number of hydrogen-bond donors (Lipinski definition) is 1. The van der Waals surface area contributed by atoms with Crippen LogP contribution >= 0.6 is 11.8 Å². The molecule has 1 N–H and O–H groups in total. The van der Waals surface area contributed by atoms with Gasteiger partial charge in [-0.2, -0.15) is 10.2 Å². The van der Waals surface area contributed by atoms with E-state index >= 15 is 0 Å². The monoisotopic (exact) mass is 237 g/mol. The molecule has 0 atom stereocenters. The smallest absolute Gasteiger partial charge is 0.0898 e. The first-order chi connectivity index (χ1) is 7.61. The second-order valence-electron chi connectivity index (χ2n) is 4.76. The van der Waals surface area contributed by atoms with Crippen molar-refractivity contribution >= 4 is 17.4 Å². The highest BCUT2D eigenvalue weighted by Gasteiger charge is 2.22. The summed E-state index contributed by atoms with van der Waals surface area (Å²) in [5, 5.41) is 12.3. The average molecular weight is 237 g/mol. The number of nitrogens with one attached hydrogen (secondary N) is 1.